The van der Waals surface area contributed by atoms with E-state index in [1.54, 1.807) is 0 Å². The van der Waals surface area contributed by atoms with E-state index in [0.717, 1.165) is 26.0 Å². The highest BCUT2D eigenvalue weighted by atomic mass is 16.5. The van der Waals surface area contributed by atoms with E-state index in [2.05, 4.69) is 42.3 Å². The molecule has 3 nitrogen and oxygen atoms in total. The molecule has 2 N–H and O–H groups in total. The smallest absolute Gasteiger partial charge is 0.0699 e. The molecule has 1 aromatic carbocycles. The molecule has 1 aliphatic heterocycles. The van der Waals surface area contributed by atoms with Crippen molar-refractivity contribution in [2.45, 2.75) is 56.3 Å². The minimum absolute atomic E-state index is 0.115. The maximum Gasteiger partial charge on any atom is 0.0699 e. The monoisotopic (exact) mass is 274 g/mol. The summed E-state index contributed by atoms with van der Waals surface area (Å²) >= 11 is 0. The van der Waals surface area contributed by atoms with Gasteiger partial charge in [-0.2, -0.15) is 0 Å². The van der Waals surface area contributed by atoms with Crippen molar-refractivity contribution in [1.29, 1.82) is 0 Å². The molecule has 1 heterocycles. The summed E-state index contributed by atoms with van der Waals surface area (Å²) in [6, 6.07) is 11.4. The van der Waals surface area contributed by atoms with Gasteiger partial charge in [-0.05, 0) is 44.7 Å². The zero-order chi connectivity index (χ0) is 14.0. The molecule has 1 spiro atoms. The molecule has 0 aromatic heterocycles. The average molecular weight is 274 g/mol. The molecule has 1 aromatic rings. The lowest BCUT2D eigenvalue weighted by atomic mass is 9.77. The van der Waals surface area contributed by atoms with Gasteiger partial charge in [0, 0.05) is 25.2 Å². The van der Waals surface area contributed by atoms with Gasteiger partial charge < -0.3 is 10.5 Å². The minimum atomic E-state index is 0.115. The Morgan fingerprint density at radius 3 is 2.75 bits per heavy atom. The lowest BCUT2D eigenvalue weighted by molar-refractivity contribution is -0.0478. The maximum atomic E-state index is 6.47. The van der Waals surface area contributed by atoms with Crippen LogP contribution in [0.3, 0.4) is 0 Å². The molecular weight excluding hydrogens is 248 g/mol. The second-order valence-electron chi connectivity index (χ2n) is 6.51. The van der Waals surface area contributed by atoms with E-state index in [1.807, 2.05) is 0 Å². The number of ether oxygens (including phenoxy) is 1. The summed E-state index contributed by atoms with van der Waals surface area (Å²) in [5, 5.41) is 0. The van der Waals surface area contributed by atoms with Crippen LogP contribution in [-0.4, -0.2) is 36.2 Å². The SMILES string of the molecule is CN(Cc1ccccc1)[C@@H]1CC[C@]2(CCCO2)C[C@H]1N. The lowest BCUT2D eigenvalue weighted by Gasteiger charge is -2.44. The van der Waals surface area contributed by atoms with Crippen LogP contribution in [0.15, 0.2) is 30.3 Å². The van der Waals surface area contributed by atoms with Crippen LogP contribution in [-0.2, 0) is 11.3 Å². The number of hydrogen-bond acceptors (Lipinski definition) is 3. The van der Waals surface area contributed by atoms with Crippen LogP contribution >= 0.6 is 0 Å². The average Bonchev–Trinajstić information content (AvgIpc) is 2.88. The van der Waals surface area contributed by atoms with Gasteiger partial charge >= 0.3 is 0 Å². The molecule has 0 bridgehead atoms. The molecule has 0 unspecified atom stereocenters. The van der Waals surface area contributed by atoms with Gasteiger partial charge in [-0.1, -0.05) is 30.3 Å². The lowest BCUT2D eigenvalue weighted by Crippen LogP contribution is -2.54. The molecule has 3 heteroatoms. The van der Waals surface area contributed by atoms with Crippen LogP contribution < -0.4 is 5.73 Å². The van der Waals surface area contributed by atoms with E-state index in [4.69, 9.17) is 10.5 Å². The molecule has 1 saturated carbocycles. The van der Waals surface area contributed by atoms with Crippen molar-refractivity contribution in [1.82, 2.24) is 4.90 Å². The Morgan fingerprint density at radius 1 is 1.30 bits per heavy atom. The Morgan fingerprint density at radius 2 is 2.10 bits per heavy atom. The fourth-order valence-corrected chi connectivity index (χ4v) is 3.94. The molecule has 20 heavy (non-hydrogen) atoms. The summed E-state index contributed by atoms with van der Waals surface area (Å²) < 4.78 is 6.00. The van der Waals surface area contributed by atoms with E-state index >= 15 is 0 Å². The highest BCUT2D eigenvalue weighted by Gasteiger charge is 2.43. The number of likely N-dealkylation sites (N-methyl/N-ethyl adjacent to an activating group) is 1. The summed E-state index contributed by atoms with van der Waals surface area (Å²) in [5.74, 6) is 0. The van der Waals surface area contributed by atoms with E-state index in [1.165, 1.54) is 24.8 Å². The first-order chi connectivity index (χ1) is 9.69. The quantitative estimate of drug-likeness (QED) is 0.920. The second kappa shape index (κ2) is 5.84. The number of nitrogens with two attached hydrogens (primary N) is 1. The van der Waals surface area contributed by atoms with E-state index in [9.17, 15) is 0 Å². The molecule has 0 radical (unpaired) electrons. The third-order valence-electron chi connectivity index (χ3n) is 5.02. The Balaban J connectivity index is 1.60. The normalized spacial score (nSPS) is 34.0. The summed E-state index contributed by atoms with van der Waals surface area (Å²) in [4.78, 5) is 2.42. The second-order valence-corrected chi connectivity index (χ2v) is 6.51. The van der Waals surface area contributed by atoms with Crippen LogP contribution in [0, 0.1) is 0 Å². The third-order valence-corrected chi connectivity index (χ3v) is 5.02. The zero-order valence-electron chi connectivity index (χ0n) is 12.4. The fraction of sp³-hybridized carbons (Fsp3) is 0.647. The highest BCUT2D eigenvalue weighted by Crippen LogP contribution is 2.40. The minimum Gasteiger partial charge on any atom is -0.375 e. The van der Waals surface area contributed by atoms with E-state index in [0.29, 0.717) is 6.04 Å². The Labute approximate surface area is 122 Å². The standard InChI is InChI=1S/C17H26N2O/c1-19(13-14-6-3-2-4-7-14)16-8-10-17(12-15(16)18)9-5-11-20-17/h2-4,6-7,15-16H,5,8-13,18H2,1H3/t15-,16-,17-/m1/s1. The van der Waals surface area contributed by atoms with Gasteiger partial charge in [-0.3, -0.25) is 4.90 Å². The van der Waals surface area contributed by atoms with Gasteiger partial charge in [0.25, 0.3) is 0 Å². The van der Waals surface area contributed by atoms with Gasteiger partial charge in [0.15, 0.2) is 0 Å². The van der Waals surface area contributed by atoms with Crippen LogP contribution in [0.1, 0.15) is 37.7 Å². The zero-order valence-corrected chi connectivity index (χ0v) is 12.4. The molecule has 1 saturated heterocycles. The molecule has 2 fully saturated rings. The summed E-state index contributed by atoms with van der Waals surface area (Å²) in [7, 11) is 2.20. The number of rotatable bonds is 3. The first kappa shape index (κ1) is 14.1. The maximum absolute atomic E-state index is 6.47. The van der Waals surface area contributed by atoms with Gasteiger partial charge in [-0.15, -0.1) is 0 Å². The van der Waals surface area contributed by atoms with Gasteiger partial charge in [0.2, 0.25) is 0 Å². The number of nitrogens with zero attached hydrogens (tertiary/aromatic N) is 1. The Kier molecular flexibility index (Phi) is 4.11. The van der Waals surface area contributed by atoms with Crippen LogP contribution in [0.4, 0.5) is 0 Å². The third kappa shape index (κ3) is 2.90. The molecule has 110 valence electrons. The van der Waals surface area contributed by atoms with Crippen molar-refractivity contribution in [3.05, 3.63) is 35.9 Å². The molecule has 1 aliphatic carbocycles. The predicted molar refractivity (Wildman–Crippen MR) is 81.4 cm³/mol. The molecule has 3 atom stereocenters. The molecular formula is C17H26N2O. The molecule has 3 rings (SSSR count). The van der Waals surface area contributed by atoms with Crippen molar-refractivity contribution in [2.24, 2.45) is 5.73 Å². The summed E-state index contributed by atoms with van der Waals surface area (Å²) in [5.41, 5.74) is 7.94. The topological polar surface area (TPSA) is 38.5 Å². The largest absolute Gasteiger partial charge is 0.375 e. The summed E-state index contributed by atoms with van der Waals surface area (Å²) in [6.07, 6.45) is 5.76. The van der Waals surface area contributed by atoms with Crippen LogP contribution in [0.2, 0.25) is 0 Å². The Bertz CT molecular complexity index is 428. The predicted octanol–water partition coefficient (Wildman–Crippen LogP) is 2.55. The molecule has 2 aliphatic rings. The van der Waals surface area contributed by atoms with Crippen LogP contribution in [0.25, 0.3) is 0 Å². The Hall–Kier alpha value is -0.900. The fourth-order valence-electron chi connectivity index (χ4n) is 3.94. The van der Waals surface area contributed by atoms with E-state index in [-0.39, 0.29) is 11.6 Å². The molecule has 0 amide bonds. The van der Waals surface area contributed by atoms with E-state index < -0.39 is 0 Å². The number of benzene rings is 1. The van der Waals surface area contributed by atoms with Crippen molar-refractivity contribution in [3.63, 3.8) is 0 Å². The first-order valence-electron chi connectivity index (χ1n) is 7.82. The van der Waals surface area contributed by atoms with Crippen LogP contribution in [0.5, 0.6) is 0 Å². The van der Waals surface area contributed by atoms with Gasteiger partial charge in [0.05, 0.1) is 5.60 Å². The van der Waals surface area contributed by atoms with Crippen molar-refractivity contribution < 1.29 is 4.74 Å². The number of hydrogen-bond donors (Lipinski definition) is 1. The van der Waals surface area contributed by atoms with Crippen molar-refractivity contribution >= 4 is 0 Å². The summed E-state index contributed by atoms with van der Waals surface area (Å²) in [6.45, 7) is 1.91. The van der Waals surface area contributed by atoms with Gasteiger partial charge in [-0.25, -0.2) is 0 Å². The van der Waals surface area contributed by atoms with Crippen molar-refractivity contribution in [2.75, 3.05) is 13.7 Å². The highest BCUT2D eigenvalue weighted by molar-refractivity contribution is 5.14. The first-order valence-corrected chi connectivity index (χ1v) is 7.82. The van der Waals surface area contributed by atoms with Gasteiger partial charge in [0.1, 0.15) is 0 Å². The van der Waals surface area contributed by atoms with Crippen molar-refractivity contribution in [3.8, 4) is 0 Å².